The number of aryl methyl sites for hydroxylation is 1. The molecule has 1 aromatic heterocycles. The van der Waals surface area contributed by atoms with Crippen LogP contribution in [-0.4, -0.2) is 39.2 Å². The maximum Gasteiger partial charge on any atom is 0.134 e. The molecule has 1 aromatic rings. The third kappa shape index (κ3) is 3.81. The van der Waals surface area contributed by atoms with Gasteiger partial charge in [-0.05, 0) is 20.1 Å². The van der Waals surface area contributed by atoms with Crippen molar-refractivity contribution in [2.45, 2.75) is 25.1 Å². The van der Waals surface area contributed by atoms with E-state index in [0.717, 1.165) is 0 Å². The molecule has 0 radical (unpaired) electrons. The fourth-order valence-electron chi connectivity index (χ4n) is 1.37. The van der Waals surface area contributed by atoms with Crippen molar-refractivity contribution in [2.24, 2.45) is 0 Å². The molecule has 0 aliphatic rings. The third-order valence-electron chi connectivity index (χ3n) is 2.22. The molecule has 0 aromatic carbocycles. The van der Waals surface area contributed by atoms with Gasteiger partial charge in [0.05, 0.1) is 6.61 Å². The highest BCUT2D eigenvalue weighted by Crippen LogP contribution is 2.17. The van der Waals surface area contributed by atoms with Crippen molar-refractivity contribution in [3.63, 3.8) is 0 Å². The largest absolute Gasteiger partial charge is 0.395 e. The van der Waals surface area contributed by atoms with Crippen molar-refractivity contribution in [3.05, 3.63) is 17.0 Å². The van der Waals surface area contributed by atoms with Gasteiger partial charge < -0.3 is 10.4 Å². The van der Waals surface area contributed by atoms with Crippen LogP contribution in [0.15, 0.2) is 6.07 Å². The molecule has 0 spiro atoms. The lowest BCUT2D eigenvalue weighted by Gasteiger charge is -2.21. The topological polar surface area (TPSA) is 58.0 Å². The van der Waals surface area contributed by atoms with E-state index in [1.54, 1.807) is 24.8 Å². The van der Waals surface area contributed by atoms with Gasteiger partial charge in [-0.15, -0.1) is 0 Å². The zero-order chi connectivity index (χ0) is 12.1. The highest BCUT2D eigenvalue weighted by atomic mass is 35.5. The van der Waals surface area contributed by atoms with Crippen LogP contribution in [-0.2, 0) is 0 Å². The second-order valence-corrected chi connectivity index (χ2v) is 4.98. The molecule has 0 aliphatic carbocycles. The number of thioether (sulfide) groups is 1. The van der Waals surface area contributed by atoms with E-state index < -0.39 is 0 Å². The Morgan fingerprint density at radius 3 is 2.75 bits per heavy atom. The molecular formula is C10H16ClN3OS. The van der Waals surface area contributed by atoms with E-state index in [4.69, 9.17) is 16.7 Å². The molecule has 0 fully saturated rings. The summed E-state index contributed by atoms with van der Waals surface area (Å²) in [6.07, 6.45) is 1.97. The van der Waals surface area contributed by atoms with Crippen LogP contribution in [0.5, 0.6) is 0 Å². The second kappa shape index (κ2) is 6.27. The van der Waals surface area contributed by atoms with E-state index in [0.29, 0.717) is 16.8 Å². The van der Waals surface area contributed by atoms with E-state index in [2.05, 4.69) is 15.3 Å². The minimum absolute atomic E-state index is 0.116. The molecule has 6 heteroatoms. The normalized spacial score (nSPS) is 14.6. The van der Waals surface area contributed by atoms with E-state index in [9.17, 15) is 0 Å². The van der Waals surface area contributed by atoms with Crippen molar-refractivity contribution >= 4 is 29.2 Å². The van der Waals surface area contributed by atoms with Crippen LogP contribution in [0.25, 0.3) is 0 Å². The molecular weight excluding hydrogens is 246 g/mol. The first-order chi connectivity index (χ1) is 7.56. The molecule has 0 saturated carbocycles. The molecule has 0 saturated heterocycles. The molecule has 0 bridgehead atoms. The Morgan fingerprint density at radius 1 is 1.56 bits per heavy atom. The van der Waals surface area contributed by atoms with Crippen molar-refractivity contribution in [1.29, 1.82) is 0 Å². The highest BCUT2D eigenvalue weighted by Gasteiger charge is 2.15. The highest BCUT2D eigenvalue weighted by molar-refractivity contribution is 7.99. The summed E-state index contributed by atoms with van der Waals surface area (Å²) in [6.45, 7) is 3.93. The Bertz CT molecular complexity index is 327. The van der Waals surface area contributed by atoms with Gasteiger partial charge in [0.1, 0.15) is 16.8 Å². The number of rotatable bonds is 5. The van der Waals surface area contributed by atoms with Gasteiger partial charge in [-0.25, -0.2) is 9.97 Å². The van der Waals surface area contributed by atoms with Crippen LogP contribution < -0.4 is 5.32 Å². The van der Waals surface area contributed by atoms with Crippen molar-refractivity contribution in [3.8, 4) is 0 Å². The lowest BCUT2D eigenvalue weighted by molar-refractivity contribution is 0.288. The van der Waals surface area contributed by atoms with E-state index in [-0.39, 0.29) is 17.9 Å². The fraction of sp³-hybridized carbons (Fsp3) is 0.600. The number of nitrogens with zero attached hydrogens (tertiary/aromatic N) is 2. The van der Waals surface area contributed by atoms with E-state index >= 15 is 0 Å². The van der Waals surface area contributed by atoms with Gasteiger partial charge in [0.2, 0.25) is 0 Å². The van der Waals surface area contributed by atoms with Crippen LogP contribution in [0.4, 0.5) is 5.82 Å². The molecule has 2 atom stereocenters. The molecule has 90 valence electrons. The quantitative estimate of drug-likeness (QED) is 0.794. The summed E-state index contributed by atoms with van der Waals surface area (Å²) in [4.78, 5) is 8.21. The number of nitrogens with one attached hydrogen (secondary N) is 1. The zero-order valence-electron chi connectivity index (χ0n) is 9.57. The van der Waals surface area contributed by atoms with Gasteiger partial charge in [-0.3, -0.25) is 0 Å². The summed E-state index contributed by atoms with van der Waals surface area (Å²) in [5, 5.41) is 12.9. The summed E-state index contributed by atoms with van der Waals surface area (Å²) in [5.74, 6) is 1.32. The van der Waals surface area contributed by atoms with Crippen molar-refractivity contribution in [1.82, 2.24) is 9.97 Å². The number of aromatic nitrogens is 2. The van der Waals surface area contributed by atoms with E-state index in [1.807, 2.05) is 13.2 Å². The fourth-order valence-corrected chi connectivity index (χ4v) is 2.22. The van der Waals surface area contributed by atoms with Crippen molar-refractivity contribution < 1.29 is 5.11 Å². The predicted octanol–water partition coefficient (Wildman–Crippen LogP) is 1.96. The Morgan fingerprint density at radius 2 is 2.25 bits per heavy atom. The molecule has 1 heterocycles. The number of anilines is 1. The summed E-state index contributed by atoms with van der Waals surface area (Å²) < 4.78 is 0. The van der Waals surface area contributed by atoms with Gasteiger partial charge in [-0.1, -0.05) is 11.6 Å². The Labute approximate surface area is 105 Å². The maximum absolute atomic E-state index is 9.16. The molecule has 1 rings (SSSR count). The molecule has 2 unspecified atom stereocenters. The number of hydrogen-bond acceptors (Lipinski definition) is 5. The summed E-state index contributed by atoms with van der Waals surface area (Å²) in [5.41, 5.74) is 0. The molecule has 2 N–H and O–H groups in total. The van der Waals surface area contributed by atoms with Gasteiger partial charge in [0, 0.05) is 17.4 Å². The SMILES string of the molecule is CSC(CO)C(C)Nc1cc(Cl)nc(C)n1. The Hall–Kier alpha value is -0.520. The zero-order valence-corrected chi connectivity index (χ0v) is 11.1. The summed E-state index contributed by atoms with van der Waals surface area (Å²) in [6, 6.07) is 1.80. The first-order valence-corrected chi connectivity index (χ1v) is 6.64. The lowest BCUT2D eigenvalue weighted by atomic mass is 10.2. The van der Waals surface area contributed by atoms with Crippen LogP contribution in [0, 0.1) is 6.92 Å². The smallest absolute Gasteiger partial charge is 0.134 e. The number of aliphatic hydroxyl groups excluding tert-OH is 1. The number of aliphatic hydroxyl groups is 1. The predicted molar refractivity (Wildman–Crippen MR) is 69.3 cm³/mol. The molecule has 0 aliphatic heterocycles. The average molecular weight is 262 g/mol. The Kier molecular flexibility index (Phi) is 5.31. The summed E-state index contributed by atoms with van der Waals surface area (Å²) in [7, 11) is 0. The first-order valence-electron chi connectivity index (χ1n) is 4.98. The monoisotopic (exact) mass is 261 g/mol. The van der Waals surface area contributed by atoms with Crippen LogP contribution in [0.1, 0.15) is 12.7 Å². The summed E-state index contributed by atoms with van der Waals surface area (Å²) >= 11 is 7.45. The minimum Gasteiger partial charge on any atom is -0.395 e. The molecule has 16 heavy (non-hydrogen) atoms. The van der Waals surface area contributed by atoms with Crippen molar-refractivity contribution in [2.75, 3.05) is 18.2 Å². The first kappa shape index (κ1) is 13.5. The second-order valence-electron chi connectivity index (χ2n) is 3.51. The van der Waals surface area contributed by atoms with E-state index in [1.165, 1.54) is 0 Å². The standard InChI is InChI=1S/C10H16ClN3OS/c1-6(8(5-15)16-3)12-10-4-9(11)13-7(2)14-10/h4,6,8,15H,5H2,1-3H3,(H,12,13,14). The van der Waals surface area contributed by atoms with Crippen LogP contribution in [0.2, 0.25) is 5.15 Å². The average Bonchev–Trinajstić information content (AvgIpc) is 2.17. The Balaban J connectivity index is 2.72. The third-order valence-corrected chi connectivity index (χ3v) is 3.58. The van der Waals surface area contributed by atoms with Gasteiger partial charge in [-0.2, -0.15) is 11.8 Å². The molecule has 0 amide bonds. The lowest BCUT2D eigenvalue weighted by Crippen LogP contribution is -2.31. The molecule has 4 nitrogen and oxygen atoms in total. The number of hydrogen-bond donors (Lipinski definition) is 2. The van der Waals surface area contributed by atoms with Gasteiger partial charge in [0.25, 0.3) is 0 Å². The minimum atomic E-state index is 0.116. The van der Waals surface area contributed by atoms with Gasteiger partial charge >= 0.3 is 0 Å². The maximum atomic E-state index is 9.16. The van der Waals surface area contributed by atoms with Crippen LogP contribution >= 0.6 is 23.4 Å². The van der Waals surface area contributed by atoms with Crippen LogP contribution in [0.3, 0.4) is 0 Å². The van der Waals surface area contributed by atoms with Gasteiger partial charge in [0.15, 0.2) is 0 Å². The number of halogens is 1.